The summed E-state index contributed by atoms with van der Waals surface area (Å²) < 4.78 is 0. The number of carbonyl (C=O) groups excluding carboxylic acids is 2. The van der Waals surface area contributed by atoms with Gasteiger partial charge in [-0.2, -0.15) is 0 Å². The van der Waals surface area contributed by atoms with Gasteiger partial charge < -0.3 is 9.88 Å². The fourth-order valence-corrected chi connectivity index (χ4v) is 3.92. The standard InChI is InChI=1S/C20H18N4O3S/c25-17-8-7-14(11-21-17)19(27)23-20-22-15(12-28-20)10-18(26)24-9-3-5-13-4-1-2-6-16(13)24/h1-2,4,6-8,11-12H,3,5,9-10H2,(H,21,25)(H,22,23,27). The molecule has 8 heteroatoms. The van der Waals surface area contributed by atoms with Crippen LogP contribution in [0.5, 0.6) is 0 Å². The molecule has 7 nitrogen and oxygen atoms in total. The molecule has 0 aliphatic carbocycles. The van der Waals surface area contributed by atoms with Crippen molar-refractivity contribution < 1.29 is 9.59 Å². The number of para-hydroxylation sites is 1. The van der Waals surface area contributed by atoms with Gasteiger partial charge in [0.1, 0.15) is 0 Å². The van der Waals surface area contributed by atoms with E-state index >= 15 is 0 Å². The molecule has 0 fully saturated rings. The first-order valence-electron chi connectivity index (χ1n) is 8.93. The Morgan fingerprint density at radius 1 is 1.21 bits per heavy atom. The third kappa shape index (κ3) is 3.86. The molecule has 0 bridgehead atoms. The van der Waals surface area contributed by atoms with Crippen LogP contribution in [0.15, 0.2) is 52.8 Å². The summed E-state index contributed by atoms with van der Waals surface area (Å²) in [7, 11) is 0. The first-order chi connectivity index (χ1) is 13.6. The molecule has 2 amide bonds. The summed E-state index contributed by atoms with van der Waals surface area (Å²) in [4.78, 5) is 44.7. The van der Waals surface area contributed by atoms with Gasteiger partial charge >= 0.3 is 0 Å². The van der Waals surface area contributed by atoms with Gasteiger partial charge in [-0.15, -0.1) is 11.3 Å². The van der Waals surface area contributed by atoms with Crippen molar-refractivity contribution in [3.63, 3.8) is 0 Å². The Morgan fingerprint density at radius 3 is 2.89 bits per heavy atom. The summed E-state index contributed by atoms with van der Waals surface area (Å²) in [6.45, 7) is 0.704. The zero-order valence-corrected chi connectivity index (χ0v) is 15.8. The minimum absolute atomic E-state index is 0.00374. The molecule has 0 unspecified atom stereocenters. The van der Waals surface area contributed by atoms with E-state index in [1.807, 2.05) is 23.1 Å². The lowest BCUT2D eigenvalue weighted by molar-refractivity contribution is -0.118. The molecule has 3 heterocycles. The van der Waals surface area contributed by atoms with Crippen LogP contribution in [0, 0.1) is 0 Å². The van der Waals surface area contributed by atoms with Gasteiger partial charge in [0.05, 0.1) is 17.7 Å². The van der Waals surface area contributed by atoms with Crippen LogP contribution in [0.25, 0.3) is 0 Å². The van der Waals surface area contributed by atoms with E-state index in [9.17, 15) is 14.4 Å². The summed E-state index contributed by atoms with van der Waals surface area (Å²) in [5.41, 5.74) is 2.84. The molecular formula is C20H18N4O3S. The quantitative estimate of drug-likeness (QED) is 0.711. The number of hydrogen-bond donors (Lipinski definition) is 2. The Labute approximate surface area is 165 Å². The summed E-state index contributed by atoms with van der Waals surface area (Å²) in [5, 5.41) is 4.88. The van der Waals surface area contributed by atoms with E-state index < -0.39 is 0 Å². The molecule has 28 heavy (non-hydrogen) atoms. The first-order valence-corrected chi connectivity index (χ1v) is 9.81. The highest BCUT2D eigenvalue weighted by molar-refractivity contribution is 7.14. The Morgan fingerprint density at radius 2 is 2.07 bits per heavy atom. The molecule has 1 aliphatic rings. The smallest absolute Gasteiger partial charge is 0.258 e. The number of nitrogens with zero attached hydrogens (tertiary/aromatic N) is 2. The fraction of sp³-hybridized carbons (Fsp3) is 0.200. The average molecular weight is 394 g/mol. The van der Waals surface area contributed by atoms with Gasteiger partial charge in [-0.3, -0.25) is 19.7 Å². The lowest BCUT2D eigenvalue weighted by Gasteiger charge is -2.29. The molecule has 2 aromatic heterocycles. The SMILES string of the molecule is O=C(Nc1nc(CC(=O)N2CCCc3ccccc32)cs1)c1ccc(=O)[nH]c1. The fourth-order valence-electron chi connectivity index (χ4n) is 3.21. The van der Waals surface area contributed by atoms with Crippen molar-refractivity contribution in [3.8, 4) is 0 Å². The molecule has 0 radical (unpaired) electrons. The molecular weight excluding hydrogens is 376 g/mol. The summed E-state index contributed by atoms with van der Waals surface area (Å²) in [6, 6.07) is 10.7. The van der Waals surface area contributed by atoms with Crippen LogP contribution in [-0.2, 0) is 17.6 Å². The minimum Gasteiger partial charge on any atom is -0.328 e. The molecule has 0 atom stereocenters. The summed E-state index contributed by atoms with van der Waals surface area (Å²) in [6.07, 6.45) is 3.46. The van der Waals surface area contributed by atoms with Crippen molar-refractivity contribution in [1.29, 1.82) is 0 Å². The zero-order chi connectivity index (χ0) is 19.5. The Kier molecular flexibility index (Phi) is 5.03. The number of anilines is 2. The molecule has 2 N–H and O–H groups in total. The Balaban J connectivity index is 1.42. The Hall–Kier alpha value is -3.26. The highest BCUT2D eigenvalue weighted by atomic mass is 32.1. The van der Waals surface area contributed by atoms with Crippen LogP contribution >= 0.6 is 11.3 Å². The number of aromatic nitrogens is 2. The number of carbonyl (C=O) groups is 2. The number of aryl methyl sites for hydroxylation is 1. The highest BCUT2D eigenvalue weighted by Gasteiger charge is 2.23. The van der Waals surface area contributed by atoms with Crippen molar-refractivity contribution in [2.45, 2.75) is 19.3 Å². The monoisotopic (exact) mass is 394 g/mol. The molecule has 142 valence electrons. The van der Waals surface area contributed by atoms with Crippen LogP contribution in [0.4, 0.5) is 10.8 Å². The van der Waals surface area contributed by atoms with Crippen LogP contribution in [0.3, 0.4) is 0 Å². The number of benzene rings is 1. The van der Waals surface area contributed by atoms with Crippen molar-refractivity contribution in [3.05, 3.63) is 75.1 Å². The van der Waals surface area contributed by atoms with Crippen molar-refractivity contribution in [1.82, 2.24) is 9.97 Å². The van der Waals surface area contributed by atoms with Gasteiger partial charge in [-0.1, -0.05) is 18.2 Å². The van der Waals surface area contributed by atoms with Crippen molar-refractivity contribution in [2.75, 3.05) is 16.8 Å². The number of amides is 2. The van der Waals surface area contributed by atoms with Gasteiger partial charge in [0.25, 0.3) is 5.91 Å². The molecule has 1 aromatic carbocycles. The maximum absolute atomic E-state index is 12.8. The predicted molar refractivity (Wildman–Crippen MR) is 108 cm³/mol. The molecule has 0 saturated carbocycles. The maximum atomic E-state index is 12.8. The second kappa shape index (κ2) is 7.77. The molecule has 0 spiro atoms. The number of pyridine rings is 1. The number of nitrogens with one attached hydrogen (secondary N) is 2. The summed E-state index contributed by atoms with van der Waals surface area (Å²) >= 11 is 1.26. The van der Waals surface area contributed by atoms with Gasteiger partial charge in [0, 0.05) is 29.9 Å². The van der Waals surface area contributed by atoms with E-state index in [-0.39, 0.29) is 23.8 Å². The van der Waals surface area contributed by atoms with Crippen LogP contribution in [0.1, 0.15) is 28.0 Å². The average Bonchev–Trinajstić information content (AvgIpc) is 3.14. The third-order valence-electron chi connectivity index (χ3n) is 4.56. The summed E-state index contributed by atoms with van der Waals surface area (Å²) in [5.74, 6) is -0.371. The van der Waals surface area contributed by atoms with E-state index in [1.165, 1.54) is 35.2 Å². The van der Waals surface area contributed by atoms with Crippen molar-refractivity contribution >= 4 is 34.0 Å². The number of rotatable bonds is 4. The van der Waals surface area contributed by atoms with E-state index in [0.717, 1.165) is 18.5 Å². The molecule has 4 rings (SSSR count). The lowest BCUT2D eigenvalue weighted by atomic mass is 10.0. The maximum Gasteiger partial charge on any atom is 0.258 e. The van der Waals surface area contributed by atoms with E-state index in [2.05, 4.69) is 21.4 Å². The molecule has 3 aromatic rings. The van der Waals surface area contributed by atoms with Gasteiger partial charge in [0.2, 0.25) is 11.5 Å². The number of hydrogen-bond acceptors (Lipinski definition) is 5. The van der Waals surface area contributed by atoms with E-state index in [1.54, 1.807) is 5.38 Å². The first kappa shape index (κ1) is 18.1. The van der Waals surface area contributed by atoms with Gasteiger partial charge in [0.15, 0.2) is 5.13 Å². The molecule has 1 aliphatic heterocycles. The zero-order valence-electron chi connectivity index (χ0n) is 15.0. The van der Waals surface area contributed by atoms with Crippen LogP contribution in [-0.4, -0.2) is 28.3 Å². The van der Waals surface area contributed by atoms with E-state index in [0.29, 0.717) is 22.9 Å². The second-order valence-electron chi connectivity index (χ2n) is 6.49. The van der Waals surface area contributed by atoms with Crippen LogP contribution in [0.2, 0.25) is 0 Å². The number of fused-ring (bicyclic) bond motifs is 1. The number of thiazole rings is 1. The predicted octanol–water partition coefficient (Wildman–Crippen LogP) is 2.61. The topological polar surface area (TPSA) is 95.2 Å². The number of H-pyrrole nitrogens is 1. The third-order valence-corrected chi connectivity index (χ3v) is 5.37. The Bertz CT molecular complexity index is 1070. The normalized spacial score (nSPS) is 13.1. The second-order valence-corrected chi connectivity index (χ2v) is 7.35. The lowest BCUT2D eigenvalue weighted by Crippen LogP contribution is -2.36. The largest absolute Gasteiger partial charge is 0.328 e. The minimum atomic E-state index is -0.367. The molecule has 0 saturated heterocycles. The highest BCUT2D eigenvalue weighted by Crippen LogP contribution is 2.27. The van der Waals surface area contributed by atoms with Crippen molar-refractivity contribution in [2.24, 2.45) is 0 Å². The van der Waals surface area contributed by atoms with Gasteiger partial charge in [-0.05, 0) is 30.5 Å². The van der Waals surface area contributed by atoms with Gasteiger partial charge in [-0.25, -0.2) is 4.98 Å². The number of aromatic amines is 1. The van der Waals surface area contributed by atoms with E-state index in [4.69, 9.17) is 0 Å². The van der Waals surface area contributed by atoms with Crippen LogP contribution < -0.4 is 15.8 Å².